The molecule has 0 bridgehead atoms. The summed E-state index contributed by atoms with van der Waals surface area (Å²) in [6, 6.07) is 9.84. The number of non-ortho nitro benzene ring substituents is 1. The van der Waals surface area contributed by atoms with E-state index in [1.54, 1.807) is 6.92 Å². The molecule has 0 spiro atoms. The molecule has 0 aliphatic carbocycles. The lowest BCUT2D eigenvalue weighted by Gasteiger charge is -2.19. The Labute approximate surface area is 172 Å². The van der Waals surface area contributed by atoms with Crippen molar-refractivity contribution in [1.82, 2.24) is 0 Å². The van der Waals surface area contributed by atoms with Crippen LogP contribution in [0.4, 0.5) is 10.1 Å². The number of hydrogen-bond acceptors (Lipinski definition) is 7. The van der Waals surface area contributed by atoms with Gasteiger partial charge in [-0.1, -0.05) is 24.3 Å². The van der Waals surface area contributed by atoms with E-state index in [0.717, 1.165) is 0 Å². The first-order valence-electron chi connectivity index (χ1n) is 9.25. The van der Waals surface area contributed by atoms with Crippen LogP contribution in [0.2, 0.25) is 0 Å². The molecule has 0 aliphatic heterocycles. The van der Waals surface area contributed by atoms with Gasteiger partial charge in [-0.25, -0.2) is 4.39 Å². The number of nitrogens with two attached hydrogens (primary N) is 1. The summed E-state index contributed by atoms with van der Waals surface area (Å²) in [5.74, 6) is -3.08. The number of rotatable bonds is 10. The van der Waals surface area contributed by atoms with Gasteiger partial charge in [0.1, 0.15) is 11.7 Å². The zero-order chi connectivity index (χ0) is 22.3. The minimum absolute atomic E-state index is 0.00601. The number of nitrogens with zero attached hydrogens (tertiary/aromatic N) is 1. The fraction of sp³-hybridized carbons (Fsp3) is 0.286. The third-order valence-corrected chi connectivity index (χ3v) is 4.48. The van der Waals surface area contributed by atoms with Crippen LogP contribution in [0.25, 0.3) is 0 Å². The third kappa shape index (κ3) is 6.02. The van der Waals surface area contributed by atoms with Crippen LogP contribution in [0.5, 0.6) is 0 Å². The van der Waals surface area contributed by atoms with Gasteiger partial charge in [0, 0.05) is 12.1 Å². The molecule has 2 rings (SSSR count). The van der Waals surface area contributed by atoms with E-state index in [1.165, 1.54) is 48.5 Å². The molecule has 0 fully saturated rings. The van der Waals surface area contributed by atoms with Crippen molar-refractivity contribution in [2.75, 3.05) is 6.61 Å². The van der Waals surface area contributed by atoms with E-state index >= 15 is 0 Å². The zero-order valence-corrected chi connectivity index (χ0v) is 16.3. The minimum Gasteiger partial charge on any atom is -0.465 e. The van der Waals surface area contributed by atoms with Gasteiger partial charge in [-0.15, -0.1) is 0 Å². The number of nitrogens with one attached hydrogen (secondary N) is 1. The molecule has 3 N–H and O–H groups in total. The second-order valence-corrected chi connectivity index (χ2v) is 6.65. The zero-order valence-electron chi connectivity index (χ0n) is 16.3. The average molecular weight is 415 g/mol. The van der Waals surface area contributed by atoms with Gasteiger partial charge in [-0.2, -0.15) is 0 Å². The van der Waals surface area contributed by atoms with Gasteiger partial charge in [0.05, 0.1) is 23.3 Å². The standard InChI is InChI=1S/C21H22FN3O5/c1-2-30-21(27)17(11-13-3-7-15(22)8-4-13)19(24)20(26)18(23)12-14-5-9-16(10-6-14)25(28)29/h3-10,17-18,24H,2,11-12,23H2,1H3/t17-,18+/m1/s1. The Bertz CT molecular complexity index is 929. The number of benzene rings is 2. The van der Waals surface area contributed by atoms with Gasteiger partial charge in [-0.05, 0) is 43.0 Å². The maximum atomic E-state index is 13.1. The van der Waals surface area contributed by atoms with Crippen molar-refractivity contribution in [2.45, 2.75) is 25.8 Å². The highest BCUT2D eigenvalue weighted by molar-refractivity contribution is 6.44. The summed E-state index contributed by atoms with van der Waals surface area (Å²) < 4.78 is 18.1. The molecule has 9 heteroatoms. The maximum absolute atomic E-state index is 13.1. The van der Waals surface area contributed by atoms with Crippen molar-refractivity contribution in [3.63, 3.8) is 0 Å². The molecule has 0 saturated heterocycles. The lowest BCUT2D eigenvalue weighted by Crippen LogP contribution is -2.43. The second-order valence-electron chi connectivity index (χ2n) is 6.65. The molecule has 2 atom stereocenters. The number of Topliss-reactive ketones (excluding diaryl/α,β-unsaturated/α-hetero) is 1. The van der Waals surface area contributed by atoms with E-state index < -0.39 is 40.2 Å². The first kappa shape index (κ1) is 22.8. The first-order chi connectivity index (χ1) is 14.2. The Morgan fingerprint density at radius 2 is 1.63 bits per heavy atom. The normalized spacial score (nSPS) is 12.6. The summed E-state index contributed by atoms with van der Waals surface area (Å²) in [5.41, 5.74) is 6.51. The van der Waals surface area contributed by atoms with E-state index in [1.807, 2.05) is 0 Å². The Balaban J connectivity index is 2.14. The van der Waals surface area contributed by atoms with Gasteiger partial charge in [0.25, 0.3) is 5.69 Å². The van der Waals surface area contributed by atoms with Crippen LogP contribution in [-0.4, -0.2) is 35.0 Å². The number of carbonyl (C=O) groups excluding carboxylic acids is 2. The highest BCUT2D eigenvalue weighted by Crippen LogP contribution is 2.17. The minimum atomic E-state index is -1.18. The fourth-order valence-corrected chi connectivity index (χ4v) is 2.87. The number of nitro benzene ring substituents is 1. The molecule has 0 unspecified atom stereocenters. The number of nitro groups is 1. The number of halogens is 1. The van der Waals surface area contributed by atoms with Crippen LogP contribution in [0.15, 0.2) is 48.5 Å². The number of hydrogen-bond donors (Lipinski definition) is 2. The summed E-state index contributed by atoms with van der Waals surface area (Å²) in [6.45, 7) is 1.69. The van der Waals surface area contributed by atoms with Crippen molar-refractivity contribution < 1.29 is 23.6 Å². The van der Waals surface area contributed by atoms with Crippen LogP contribution in [0.3, 0.4) is 0 Å². The summed E-state index contributed by atoms with van der Waals surface area (Å²) in [5, 5.41) is 19.0. The predicted molar refractivity (Wildman–Crippen MR) is 108 cm³/mol. The average Bonchev–Trinajstić information content (AvgIpc) is 2.72. The molecule has 0 radical (unpaired) electrons. The lowest BCUT2D eigenvalue weighted by atomic mass is 9.89. The van der Waals surface area contributed by atoms with Gasteiger partial charge < -0.3 is 15.9 Å². The molecule has 8 nitrogen and oxygen atoms in total. The Morgan fingerprint density at radius 1 is 1.10 bits per heavy atom. The molecular weight excluding hydrogens is 393 g/mol. The van der Waals surface area contributed by atoms with Crippen LogP contribution < -0.4 is 5.73 Å². The highest BCUT2D eigenvalue weighted by atomic mass is 19.1. The van der Waals surface area contributed by atoms with Gasteiger partial charge >= 0.3 is 5.97 Å². The molecule has 158 valence electrons. The molecular formula is C21H22FN3O5. The summed E-state index contributed by atoms with van der Waals surface area (Å²) >= 11 is 0. The monoisotopic (exact) mass is 415 g/mol. The maximum Gasteiger partial charge on any atom is 0.315 e. The molecule has 0 heterocycles. The largest absolute Gasteiger partial charge is 0.465 e. The van der Waals surface area contributed by atoms with Gasteiger partial charge in [0.2, 0.25) is 0 Å². The number of esters is 1. The molecule has 2 aromatic carbocycles. The summed E-state index contributed by atoms with van der Waals surface area (Å²) in [6.07, 6.45) is 0.0409. The Hall–Kier alpha value is -3.46. The van der Waals surface area contributed by atoms with Gasteiger partial charge in [0.15, 0.2) is 5.78 Å². The molecule has 0 aliphatic rings. The van der Waals surface area contributed by atoms with E-state index in [9.17, 15) is 24.1 Å². The topological polar surface area (TPSA) is 136 Å². The first-order valence-corrected chi connectivity index (χ1v) is 9.25. The number of carbonyl (C=O) groups is 2. The van der Waals surface area contributed by atoms with Gasteiger partial charge in [-0.3, -0.25) is 19.7 Å². The third-order valence-electron chi connectivity index (χ3n) is 4.48. The van der Waals surface area contributed by atoms with Crippen molar-refractivity contribution >= 4 is 23.2 Å². The van der Waals surface area contributed by atoms with Crippen LogP contribution in [0, 0.1) is 27.3 Å². The van der Waals surface area contributed by atoms with E-state index in [-0.39, 0.29) is 25.1 Å². The van der Waals surface area contributed by atoms with Crippen LogP contribution >= 0.6 is 0 Å². The number of ketones is 1. The smallest absolute Gasteiger partial charge is 0.315 e. The second kappa shape index (κ2) is 10.4. The fourth-order valence-electron chi connectivity index (χ4n) is 2.87. The predicted octanol–water partition coefficient (Wildman–Crippen LogP) is 2.61. The van der Waals surface area contributed by atoms with E-state index in [4.69, 9.17) is 15.9 Å². The van der Waals surface area contributed by atoms with E-state index in [2.05, 4.69) is 0 Å². The highest BCUT2D eigenvalue weighted by Gasteiger charge is 2.32. The molecule has 2 aromatic rings. The Kier molecular flexibility index (Phi) is 7.88. The lowest BCUT2D eigenvalue weighted by molar-refractivity contribution is -0.384. The number of ether oxygens (including phenoxy) is 1. The van der Waals surface area contributed by atoms with Crippen molar-refractivity contribution in [3.8, 4) is 0 Å². The van der Waals surface area contributed by atoms with E-state index in [0.29, 0.717) is 11.1 Å². The SMILES string of the molecule is CCOC(=O)[C@H](Cc1ccc(F)cc1)C(=N)C(=O)[C@@H](N)Cc1ccc([N+](=O)[O-])cc1. The Morgan fingerprint density at radius 3 is 2.17 bits per heavy atom. The molecule has 0 saturated carbocycles. The molecule has 0 aromatic heterocycles. The summed E-state index contributed by atoms with van der Waals surface area (Å²) in [7, 11) is 0. The quantitative estimate of drug-likeness (QED) is 0.265. The summed E-state index contributed by atoms with van der Waals surface area (Å²) in [4.78, 5) is 35.2. The van der Waals surface area contributed by atoms with Crippen molar-refractivity contribution in [2.24, 2.45) is 11.7 Å². The molecule has 0 amide bonds. The van der Waals surface area contributed by atoms with Crippen molar-refractivity contribution in [3.05, 3.63) is 75.6 Å². The van der Waals surface area contributed by atoms with Crippen molar-refractivity contribution in [1.29, 1.82) is 5.41 Å². The van der Waals surface area contributed by atoms with Crippen LogP contribution in [-0.2, 0) is 27.2 Å². The molecule has 30 heavy (non-hydrogen) atoms. The van der Waals surface area contributed by atoms with Crippen LogP contribution in [0.1, 0.15) is 18.1 Å².